The van der Waals surface area contributed by atoms with Gasteiger partial charge in [0, 0.05) is 18.5 Å². The van der Waals surface area contributed by atoms with E-state index in [4.69, 9.17) is 17.0 Å². The highest BCUT2D eigenvalue weighted by atomic mass is 32.1. The molecule has 1 aliphatic rings. The molecule has 7 nitrogen and oxygen atoms in total. The minimum atomic E-state index is -0.429. The SMILES string of the molecule is CCCCn1c(O)c(C2=NN[C@@H](c3ccccc3OC)C2)c(=O)[nH]c1=S. The van der Waals surface area contributed by atoms with Crippen LogP contribution >= 0.6 is 12.2 Å². The predicted octanol–water partition coefficient (Wildman–Crippen LogP) is 2.86. The molecular formula is C18H22N4O3S. The van der Waals surface area contributed by atoms with E-state index in [1.54, 1.807) is 11.7 Å². The van der Waals surface area contributed by atoms with E-state index in [9.17, 15) is 9.90 Å². The molecule has 138 valence electrons. The quantitative estimate of drug-likeness (QED) is 0.676. The van der Waals surface area contributed by atoms with Crippen LogP contribution in [-0.4, -0.2) is 27.5 Å². The van der Waals surface area contributed by atoms with Crippen LogP contribution in [0.15, 0.2) is 34.2 Å². The number of aromatic amines is 1. The zero-order valence-corrected chi connectivity index (χ0v) is 15.6. The molecule has 1 aliphatic heterocycles. The minimum Gasteiger partial charge on any atom is -0.496 e. The molecule has 0 bridgehead atoms. The van der Waals surface area contributed by atoms with Gasteiger partial charge >= 0.3 is 0 Å². The number of unbranched alkanes of at least 4 members (excludes halogenated alkanes) is 1. The number of para-hydroxylation sites is 1. The van der Waals surface area contributed by atoms with Gasteiger partial charge < -0.3 is 15.3 Å². The molecule has 0 aliphatic carbocycles. The number of nitrogens with zero attached hydrogens (tertiary/aromatic N) is 2. The third-order valence-electron chi connectivity index (χ3n) is 4.46. The molecule has 2 aromatic rings. The topological polar surface area (TPSA) is 91.6 Å². The van der Waals surface area contributed by atoms with E-state index in [1.165, 1.54) is 0 Å². The van der Waals surface area contributed by atoms with Crippen LogP contribution in [0.2, 0.25) is 0 Å². The first-order valence-electron chi connectivity index (χ1n) is 8.58. The Morgan fingerprint density at radius 3 is 2.92 bits per heavy atom. The number of ether oxygens (including phenoxy) is 1. The maximum Gasteiger partial charge on any atom is 0.264 e. The lowest BCUT2D eigenvalue weighted by atomic mass is 9.99. The van der Waals surface area contributed by atoms with Crippen LogP contribution in [-0.2, 0) is 6.54 Å². The van der Waals surface area contributed by atoms with E-state index in [0.29, 0.717) is 18.7 Å². The molecule has 0 amide bonds. The summed E-state index contributed by atoms with van der Waals surface area (Å²) in [5, 5.41) is 14.9. The molecule has 0 spiro atoms. The van der Waals surface area contributed by atoms with Gasteiger partial charge in [-0.1, -0.05) is 31.5 Å². The lowest BCUT2D eigenvalue weighted by Crippen LogP contribution is -2.22. The summed E-state index contributed by atoms with van der Waals surface area (Å²) in [5.74, 6) is 0.618. The molecule has 0 fully saturated rings. The summed E-state index contributed by atoms with van der Waals surface area (Å²) in [6.07, 6.45) is 2.26. The highest BCUT2D eigenvalue weighted by Crippen LogP contribution is 2.31. The summed E-state index contributed by atoms with van der Waals surface area (Å²) in [6.45, 7) is 2.59. The maximum atomic E-state index is 12.4. The molecule has 0 saturated heterocycles. The number of hydrazone groups is 1. The van der Waals surface area contributed by atoms with Gasteiger partial charge in [-0.05, 0) is 24.7 Å². The Balaban J connectivity index is 1.94. The lowest BCUT2D eigenvalue weighted by molar-refractivity contribution is 0.398. The van der Waals surface area contributed by atoms with E-state index in [1.807, 2.05) is 24.3 Å². The molecule has 1 aromatic heterocycles. The van der Waals surface area contributed by atoms with E-state index in [2.05, 4.69) is 22.4 Å². The van der Waals surface area contributed by atoms with E-state index in [0.717, 1.165) is 24.2 Å². The number of methoxy groups -OCH3 is 1. The number of aromatic hydroxyl groups is 1. The Bertz CT molecular complexity index is 948. The van der Waals surface area contributed by atoms with Crippen molar-refractivity contribution in [3.05, 3.63) is 50.5 Å². The van der Waals surface area contributed by atoms with Crippen LogP contribution in [0, 0.1) is 4.77 Å². The first kappa shape index (κ1) is 18.2. The molecule has 26 heavy (non-hydrogen) atoms. The fraction of sp³-hybridized carbons (Fsp3) is 0.389. The average molecular weight is 374 g/mol. The molecule has 0 saturated carbocycles. The summed E-state index contributed by atoms with van der Waals surface area (Å²) in [6, 6.07) is 7.52. The summed E-state index contributed by atoms with van der Waals surface area (Å²) >= 11 is 5.18. The van der Waals surface area contributed by atoms with Crippen LogP contribution < -0.4 is 15.7 Å². The average Bonchev–Trinajstić information content (AvgIpc) is 3.10. The van der Waals surface area contributed by atoms with Crippen LogP contribution in [0.4, 0.5) is 0 Å². The van der Waals surface area contributed by atoms with E-state index < -0.39 is 5.56 Å². The molecular weight excluding hydrogens is 352 g/mol. The monoisotopic (exact) mass is 374 g/mol. The fourth-order valence-electron chi connectivity index (χ4n) is 3.08. The second-order valence-corrected chi connectivity index (χ2v) is 6.54. The van der Waals surface area contributed by atoms with Crippen molar-refractivity contribution in [1.29, 1.82) is 0 Å². The number of rotatable bonds is 6. The van der Waals surface area contributed by atoms with Gasteiger partial charge in [-0.25, -0.2) is 0 Å². The van der Waals surface area contributed by atoms with Gasteiger partial charge in [-0.2, -0.15) is 5.10 Å². The standard InChI is InChI=1S/C18H22N4O3S/c1-3-4-9-22-17(24)15(16(23)19-18(22)26)13-10-12(20-21-13)11-7-5-6-8-14(11)25-2/h5-8,12,20,24H,3-4,9-10H2,1-2H3,(H,19,23,26)/t12-/m1/s1. The minimum absolute atomic E-state index is 0.131. The van der Waals surface area contributed by atoms with Crippen molar-refractivity contribution < 1.29 is 9.84 Å². The van der Waals surface area contributed by atoms with Crippen molar-refractivity contribution in [2.45, 2.75) is 38.8 Å². The van der Waals surface area contributed by atoms with Gasteiger partial charge in [0.15, 0.2) is 4.77 Å². The number of benzene rings is 1. The number of hydrogen-bond acceptors (Lipinski definition) is 6. The second kappa shape index (κ2) is 7.74. The molecule has 0 radical (unpaired) electrons. The maximum absolute atomic E-state index is 12.4. The van der Waals surface area contributed by atoms with Gasteiger partial charge in [-0.3, -0.25) is 14.3 Å². The van der Waals surface area contributed by atoms with Gasteiger partial charge in [0.2, 0.25) is 5.88 Å². The van der Waals surface area contributed by atoms with Gasteiger partial charge in [-0.15, -0.1) is 0 Å². The molecule has 8 heteroatoms. The van der Waals surface area contributed by atoms with Crippen LogP contribution in [0.25, 0.3) is 0 Å². The van der Waals surface area contributed by atoms with E-state index >= 15 is 0 Å². The molecule has 3 N–H and O–H groups in total. The summed E-state index contributed by atoms with van der Waals surface area (Å²) in [4.78, 5) is 15.1. The Labute approximate surface area is 156 Å². The van der Waals surface area contributed by atoms with E-state index in [-0.39, 0.29) is 22.3 Å². The highest BCUT2D eigenvalue weighted by molar-refractivity contribution is 7.71. The molecule has 1 atom stereocenters. The molecule has 3 rings (SSSR count). The zero-order chi connectivity index (χ0) is 18.7. The van der Waals surface area contributed by atoms with Crippen LogP contribution in [0.5, 0.6) is 11.6 Å². The van der Waals surface area contributed by atoms with Crippen molar-refractivity contribution >= 4 is 17.9 Å². The van der Waals surface area contributed by atoms with Gasteiger partial charge in [0.25, 0.3) is 5.56 Å². The van der Waals surface area contributed by atoms with Gasteiger partial charge in [0.05, 0.1) is 18.9 Å². The Kier molecular flexibility index (Phi) is 5.41. The van der Waals surface area contributed by atoms with Gasteiger partial charge in [0.1, 0.15) is 11.3 Å². The highest BCUT2D eigenvalue weighted by Gasteiger charge is 2.28. The first-order valence-corrected chi connectivity index (χ1v) is 8.99. The third-order valence-corrected chi connectivity index (χ3v) is 4.79. The number of hydrogen-bond donors (Lipinski definition) is 3. The molecule has 0 unspecified atom stereocenters. The van der Waals surface area contributed by atoms with Crippen molar-refractivity contribution in [3.8, 4) is 11.6 Å². The van der Waals surface area contributed by atoms with Crippen LogP contribution in [0.1, 0.15) is 43.4 Å². The number of aromatic nitrogens is 2. The van der Waals surface area contributed by atoms with Crippen molar-refractivity contribution in [3.63, 3.8) is 0 Å². The Morgan fingerprint density at radius 2 is 2.19 bits per heavy atom. The summed E-state index contributed by atoms with van der Waals surface area (Å²) in [5.41, 5.74) is 4.22. The van der Waals surface area contributed by atoms with Crippen LogP contribution in [0.3, 0.4) is 0 Å². The summed E-state index contributed by atoms with van der Waals surface area (Å²) < 4.78 is 7.17. The normalized spacial score (nSPS) is 16.2. The van der Waals surface area contributed by atoms with Crippen molar-refractivity contribution in [2.75, 3.05) is 7.11 Å². The second-order valence-electron chi connectivity index (χ2n) is 6.15. The number of H-pyrrole nitrogens is 1. The Morgan fingerprint density at radius 1 is 1.42 bits per heavy atom. The predicted molar refractivity (Wildman–Crippen MR) is 102 cm³/mol. The third kappa shape index (κ3) is 3.37. The lowest BCUT2D eigenvalue weighted by Gasteiger charge is -2.15. The summed E-state index contributed by atoms with van der Waals surface area (Å²) in [7, 11) is 1.62. The fourth-order valence-corrected chi connectivity index (χ4v) is 3.35. The molecule has 2 heterocycles. The molecule has 1 aromatic carbocycles. The zero-order valence-electron chi connectivity index (χ0n) is 14.8. The number of nitrogens with one attached hydrogen (secondary N) is 2. The Hall–Kier alpha value is -2.61. The van der Waals surface area contributed by atoms with Crippen molar-refractivity contribution in [2.24, 2.45) is 5.10 Å². The smallest absolute Gasteiger partial charge is 0.264 e. The first-order chi connectivity index (χ1) is 12.6. The van der Waals surface area contributed by atoms with Crippen molar-refractivity contribution in [1.82, 2.24) is 15.0 Å². The largest absolute Gasteiger partial charge is 0.496 e.